The number of benzene rings is 1. The van der Waals surface area contributed by atoms with E-state index in [2.05, 4.69) is 5.32 Å². The van der Waals surface area contributed by atoms with E-state index < -0.39 is 23.0 Å². The quantitative estimate of drug-likeness (QED) is 0.852. The van der Waals surface area contributed by atoms with Crippen molar-refractivity contribution >= 4 is 5.97 Å². The Morgan fingerprint density at radius 2 is 2.00 bits per heavy atom. The lowest BCUT2D eigenvalue weighted by Gasteiger charge is -2.33. The van der Waals surface area contributed by atoms with Gasteiger partial charge in [-0.15, -0.1) is 0 Å². The van der Waals surface area contributed by atoms with Crippen LogP contribution in [0, 0.1) is 17.0 Å². The average molecular weight is 257 g/mol. The summed E-state index contributed by atoms with van der Waals surface area (Å²) in [6, 6.07) is 3.23. The zero-order valence-corrected chi connectivity index (χ0v) is 10.6. The van der Waals surface area contributed by atoms with Gasteiger partial charge in [0.2, 0.25) is 0 Å². The fourth-order valence-electron chi connectivity index (χ4n) is 2.19. The highest BCUT2D eigenvalue weighted by Gasteiger charge is 2.32. The Bertz CT molecular complexity index is 447. The summed E-state index contributed by atoms with van der Waals surface area (Å²) in [5.74, 6) is -2.77. The highest BCUT2D eigenvalue weighted by atomic mass is 19.2. The second-order valence-corrected chi connectivity index (χ2v) is 4.95. The standard InChI is InChI=1S/C13H17F2NO2/c1-13(2,7-11(17)18)12(16-3)8-4-5-9(14)10(15)6-8/h4-6,12,16H,7H2,1-3H3,(H,17,18). The number of halogens is 2. The number of hydrogen-bond acceptors (Lipinski definition) is 2. The Morgan fingerprint density at radius 1 is 1.39 bits per heavy atom. The molecular formula is C13H17F2NO2. The molecule has 0 bridgehead atoms. The molecule has 0 spiro atoms. The summed E-state index contributed by atoms with van der Waals surface area (Å²) >= 11 is 0. The minimum atomic E-state index is -0.932. The van der Waals surface area contributed by atoms with Crippen molar-refractivity contribution in [2.45, 2.75) is 26.3 Å². The number of hydrogen-bond donors (Lipinski definition) is 2. The van der Waals surface area contributed by atoms with E-state index in [1.54, 1.807) is 20.9 Å². The van der Waals surface area contributed by atoms with Gasteiger partial charge in [-0.1, -0.05) is 19.9 Å². The normalized spacial score (nSPS) is 13.4. The number of aliphatic carboxylic acids is 1. The van der Waals surface area contributed by atoms with Crippen LogP contribution in [0.3, 0.4) is 0 Å². The minimum absolute atomic E-state index is 0.0719. The van der Waals surface area contributed by atoms with Gasteiger partial charge in [0.05, 0.1) is 6.42 Å². The Labute approximate surface area is 105 Å². The van der Waals surface area contributed by atoms with Gasteiger partial charge in [-0.25, -0.2) is 8.78 Å². The van der Waals surface area contributed by atoms with Crippen LogP contribution in [0.25, 0.3) is 0 Å². The van der Waals surface area contributed by atoms with E-state index in [1.807, 2.05) is 0 Å². The maximum atomic E-state index is 13.2. The molecule has 0 saturated carbocycles. The van der Waals surface area contributed by atoms with E-state index in [0.717, 1.165) is 12.1 Å². The first-order valence-electron chi connectivity index (χ1n) is 5.62. The van der Waals surface area contributed by atoms with Crippen LogP contribution in [0.5, 0.6) is 0 Å². The zero-order chi connectivity index (χ0) is 13.9. The third-order valence-corrected chi connectivity index (χ3v) is 2.95. The number of carboxylic acid groups (broad SMARTS) is 1. The van der Waals surface area contributed by atoms with Crippen LogP contribution in [-0.2, 0) is 4.79 Å². The molecule has 0 radical (unpaired) electrons. The first kappa shape index (κ1) is 14.6. The second kappa shape index (κ2) is 5.44. The molecule has 0 saturated heterocycles. The highest BCUT2D eigenvalue weighted by Crippen LogP contribution is 2.36. The van der Waals surface area contributed by atoms with Crippen LogP contribution >= 0.6 is 0 Å². The highest BCUT2D eigenvalue weighted by molar-refractivity contribution is 5.67. The fraction of sp³-hybridized carbons (Fsp3) is 0.462. The van der Waals surface area contributed by atoms with Crippen molar-refractivity contribution in [3.05, 3.63) is 35.4 Å². The van der Waals surface area contributed by atoms with Crippen LogP contribution in [0.2, 0.25) is 0 Å². The van der Waals surface area contributed by atoms with Gasteiger partial charge in [-0.3, -0.25) is 4.79 Å². The number of nitrogens with one attached hydrogen (secondary N) is 1. The summed E-state index contributed by atoms with van der Waals surface area (Å²) in [5, 5.41) is 11.8. The molecule has 1 unspecified atom stereocenters. The zero-order valence-electron chi connectivity index (χ0n) is 10.6. The van der Waals surface area contributed by atoms with E-state index in [1.165, 1.54) is 6.07 Å². The lowest BCUT2D eigenvalue weighted by atomic mass is 9.78. The first-order valence-corrected chi connectivity index (χ1v) is 5.62. The van der Waals surface area contributed by atoms with Crippen molar-refractivity contribution in [2.75, 3.05) is 7.05 Å². The maximum absolute atomic E-state index is 13.2. The number of carbonyl (C=O) groups is 1. The van der Waals surface area contributed by atoms with Gasteiger partial charge in [0.15, 0.2) is 11.6 Å². The molecule has 1 atom stereocenters. The number of carboxylic acids is 1. The van der Waals surface area contributed by atoms with Gasteiger partial charge in [-0.05, 0) is 30.2 Å². The molecule has 1 aromatic carbocycles. The molecule has 1 aromatic rings. The molecular weight excluding hydrogens is 240 g/mol. The molecule has 0 aromatic heterocycles. The summed E-state index contributed by atoms with van der Waals surface area (Å²) in [6.07, 6.45) is -0.0719. The molecule has 1 rings (SSSR count). The van der Waals surface area contributed by atoms with Crippen molar-refractivity contribution < 1.29 is 18.7 Å². The SMILES string of the molecule is CNC(c1ccc(F)c(F)c1)C(C)(C)CC(=O)O. The second-order valence-electron chi connectivity index (χ2n) is 4.95. The summed E-state index contributed by atoms with van der Waals surface area (Å²) in [7, 11) is 1.66. The molecule has 100 valence electrons. The van der Waals surface area contributed by atoms with Crippen LogP contribution < -0.4 is 5.32 Å². The van der Waals surface area contributed by atoms with Gasteiger partial charge in [0, 0.05) is 6.04 Å². The summed E-state index contributed by atoms with van der Waals surface area (Å²) in [4.78, 5) is 10.8. The summed E-state index contributed by atoms with van der Waals surface area (Å²) in [6.45, 7) is 3.53. The molecule has 0 aliphatic heterocycles. The first-order chi connectivity index (χ1) is 8.27. The number of rotatable bonds is 5. The molecule has 2 N–H and O–H groups in total. The van der Waals surface area contributed by atoms with E-state index in [4.69, 9.17) is 5.11 Å². The molecule has 0 aliphatic carbocycles. The van der Waals surface area contributed by atoms with Crippen LogP contribution in [-0.4, -0.2) is 18.1 Å². The molecule has 5 heteroatoms. The van der Waals surface area contributed by atoms with Gasteiger partial charge in [0.1, 0.15) is 0 Å². The maximum Gasteiger partial charge on any atom is 0.303 e. The van der Waals surface area contributed by atoms with Crippen LogP contribution in [0.15, 0.2) is 18.2 Å². The molecule has 3 nitrogen and oxygen atoms in total. The summed E-state index contributed by atoms with van der Waals surface area (Å²) < 4.78 is 26.1. The van der Waals surface area contributed by atoms with Gasteiger partial charge in [0.25, 0.3) is 0 Å². The predicted octanol–water partition coefficient (Wildman–Crippen LogP) is 2.73. The Hall–Kier alpha value is -1.49. The van der Waals surface area contributed by atoms with Crippen molar-refractivity contribution in [2.24, 2.45) is 5.41 Å². The smallest absolute Gasteiger partial charge is 0.303 e. The van der Waals surface area contributed by atoms with E-state index in [-0.39, 0.29) is 12.5 Å². The van der Waals surface area contributed by atoms with E-state index in [9.17, 15) is 13.6 Å². The van der Waals surface area contributed by atoms with Gasteiger partial charge in [-0.2, -0.15) is 0 Å². The van der Waals surface area contributed by atoms with Crippen molar-refractivity contribution in [3.63, 3.8) is 0 Å². The van der Waals surface area contributed by atoms with Gasteiger partial charge >= 0.3 is 5.97 Å². The molecule has 0 aliphatic rings. The molecule has 0 amide bonds. The lowest BCUT2D eigenvalue weighted by Crippen LogP contribution is -2.34. The third-order valence-electron chi connectivity index (χ3n) is 2.95. The van der Waals surface area contributed by atoms with Crippen LogP contribution in [0.1, 0.15) is 31.9 Å². The molecule has 0 fully saturated rings. The molecule has 18 heavy (non-hydrogen) atoms. The van der Waals surface area contributed by atoms with E-state index in [0.29, 0.717) is 5.56 Å². The lowest BCUT2D eigenvalue weighted by molar-refractivity contribution is -0.139. The Kier molecular flexibility index (Phi) is 4.40. The third kappa shape index (κ3) is 3.26. The fourth-order valence-corrected chi connectivity index (χ4v) is 2.19. The summed E-state index contributed by atoms with van der Waals surface area (Å²) in [5.41, 5.74) is -0.0900. The predicted molar refractivity (Wildman–Crippen MR) is 64.2 cm³/mol. The minimum Gasteiger partial charge on any atom is -0.481 e. The van der Waals surface area contributed by atoms with Crippen molar-refractivity contribution in [1.82, 2.24) is 5.32 Å². The van der Waals surface area contributed by atoms with Gasteiger partial charge < -0.3 is 10.4 Å². The Morgan fingerprint density at radius 3 is 2.44 bits per heavy atom. The Balaban J connectivity index is 3.08. The van der Waals surface area contributed by atoms with Crippen molar-refractivity contribution in [1.29, 1.82) is 0 Å². The van der Waals surface area contributed by atoms with E-state index >= 15 is 0 Å². The molecule has 0 heterocycles. The topological polar surface area (TPSA) is 49.3 Å². The average Bonchev–Trinajstić information content (AvgIpc) is 2.21. The largest absolute Gasteiger partial charge is 0.481 e. The van der Waals surface area contributed by atoms with Crippen LogP contribution in [0.4, 0.5) is 8.78 Å². The van der Waals surface area contributed by atoms with Crippen molar-refractivity contribution in [3.8, 4) is 0 Å². The monoisotopic (exact) mass is 257 g/mol.